The summed E-state index contributed by atoms with van der Waals surface area (Å²) in [6.45, 7) is 4.85. The van der Waals surface area contributed by atoms with Gasteiger partial charge in [-0.05, 0) is 44.5 Å². The zero-order valence-electron chi connectivity index (χ0n) is 14.0. The lowest BCUT2D eigenvalue weighted by Crippen LogP contribution is -2.38. The molecule has 5 rings (SSSR count). The molecule has 5 heterocycles. The third-order valence-corrected chi connectivity index (χ3v) is 5.17. The predicted octanol–water partition coefficient (Wildman–Crippen LogP) is 1.10. The van der Waals surface area contributed by atoms with E-state index in [1.165, 1.54) is 12.7 Å². The molecule has 3 aromatic rings. The van der Waals surface area contributed by atoms with Crippen LogP contribution in [0.2, 0.25) is 0 Å². The molecule has 9 nitrogen and oxygen atoms in total. The van der Waals surface area contributed by atoms with Crippen molar-refractivity contribution in [1.29, 1.82) is 0 Å². The van der Waals surface area contributed by atoms with E-state index in [1.807, 2.05) is 16.6 Å². The highest BCUT2D eigenvalue weighted by atomic mass is 16.5. The molecule has 0 atom stereocenters. The highest BCUT2D eigenvalue weighted by molar-refractivity contribution is 5.47. The smallest absolute Gasteiger partial charge is 0.240 e. The molecule has 130 valence electrons. The number of fused-ring (bicyclic) bond motifs is 1. The molecule has 0 spiro atoms. The van der Waals surface area contributed by atoms with Crippen molar-refractivity contribution in [2.24, 2.45) is 0 Å². The third-order valence-electron chi connectivity index (χ3n) is 5.17. The second-order valence-electron chi connectivity index (χ2n) is 6.75. The maximum atomic E-state index is 5.10. The maximum Gasteiger partial charge on any atom is 0.240 e. The summed E-state index contributed by atoms with van der Waals surface area (Å²) < 4.78 is 7.04. The van der Waals surface area contributed by atoms with Crippen molar-refractivity contribution in [2.45, 2.75) is 31.7 Å². The second-order valence-corrected chi connectivity index (χ2v) is 6.75. The lowest BCUT2D eigenvalue weighted by Gasteiger charge is -2.32. The Hall–Kier alpha value is -2.55. The molecule has 0 aliphatic carbocycles. The van der Waals surface area contributed by atoms with Gasteiger partial charge in [-0.1, -0.05) is 5.16 Å². The molecule has 0 aromatic carbocycles. The van der Waals surface area contributed by atoms with Gasteiger partial charge in [0, 0.05) is 19.0 Å². The second kappa shape index (κ2) is 6.07. The molecule has 0 radical (unpaired) electrons. The van der Waals surface area contributed by atoms with Crippen molar-refractivity contribution in [2.75, 3.05) is 31.1 Å². The van der Waals surface area contributed by atoms with Gasteiger partial charge < -0.3 is 9.42 Å². The van der Waals surface area contributed by atoms with Crippen LogP contribution in [0, 0.1) is 0 Å². The Kier molecular flexibility index (Phi) is 3.58. The Bertz CT molecular complexity index is 848. The Labute approximate surface area is 144 Å². The zero-order chi connectivity index (χ0) is 16.6. The van der Waals surface area contributed by atoms with Gasteiger partial charge in [0.05, 0.1) is 6.54 Å². The molecule has 2 fully saturated rings. The number of nitrogens with zero attached hydrogens (tertiary/aromatic N) is 8. The zero-order valence-corrected chi connectivity index (χ0v) is 14.0. The van der Waals surface area contributed by atoms with Gasteiger partial charge in [-0.3, -0.25) is 4.90 Å². The fourth-order valence-corrected chi connectivity index (χ4v) is 3.57. The van der Waals surface area contributed by atoms with Crippen LogP contribution in [0.3, 0.4) is 0 Å². The van der Waals surface area contributed by atoms with Gasteiger partial charge in [-0.15, -0.1) is 15.3 Å². The molecule has 9 heteroatoms. The number of likely N-dealkylation sites (tertiary alicyclic amines) is 1. The summed E-state index contributed by atoms with van der Waals surface area (Å²) in [7, 11) is 0. The van der Waals surface area contributed by atoms with Gasteiger partial charge in [0.15, 0.2) is 17.8 Å². The van der Waals surface area contributed by atoms with Crippen LogP contribution in [0.4, 0.5) is 5.82 Å². The lowest BCUT2D eigenvalue weighted by molar-refractivity contribution is 0.178. The van der Waals surface area contributed by atoms with E-state index in [4.69, 9.17) is 9.62 Å². The molecule has 0 unspecified atom stereocenters. The summed E-state index contributed by atoms with van der Waals surface area (Å²) in [5, 5.41) is 17.2. The Morgan fingerprint density at radius 2 is 1.96 bits per heavy atom. The monoisotopic (exact) mass is 340 g/mol. The van der Waals surface area contributed by atoms with Crippen LogP contribution in [-0.4, -0.2) is 61.0 Å². The molecule has 2 aliphatic heterocycles. The predicted molar refractivity (Wildman–Crippen MR) is 89.2 cm³/mol. The highest BCUT2D eigenvalue weighted by Gasteiger charge is 2.26. The molecule has 0 amide bonds. The molecular weight excluding hydrogens is 320 g/mol. The van der Waals surface area contributed by atoms with E-state index in [2.05, 4.69) is 30.1 Å². The largest absolute Gasteiger partial charge is 0.355 e. The number of aromatic nitrogens is 6. The molecule has 3 aromatic heterocycles. The Morgan fingerprint density at radius 1 is 1.08 bits per heavy atom. The SMILES string of the molecule is c1noc(CN2CCC(c3nnc4ccc(N5CCC5)nn34)CC2)n1. The van der Waals surface area contributed by atoms with E-state index >= 15 is 0 Å². The minimum absolute atomic E-state index is 0.382. The average Bonchev–Trinajstić information content (AvgIpc) is 3.23. The summed E-state index contributed by atoms with van der Waals surface area (Å²) in [5.74, 6) is 3.06. The molecule has 2 aliphatic rings. The van der Waals surface area contributed by atoms with Crippen molar-refractivity contribution in [3.05, 3.63) is 30.2 Å². The third kappa shape index (κ3) is 2.74. The standard InChI is InChI=1S/C16H20N8O/c1-6-23(7-1)14-3-2-13-19-20-16(24(13)21-14)12-4-8-22(9-5-12)10-15-17-11-18-25-15/h2-3,11-12H,1,4-10H2. The van der Waals surface area contributed by atoms with Crippen LogP contribution in [0.25, 0.3) is 5.65 Å². The maximum absolute atomic E-state index is 5.10. The van der Waals surface area contributed by atoms with Crippen LogP contribution >= 0.6 is 0 Å². The van der Waals surface area contributed by atoms with Crippen molar-refractivity contribution < 1.29 is 4.52 Å². The first-order valence-corrected chi connectivity index (χ1v) is 8.82. The first kappa shape index (κ1) is 14.8. The van der Waals surface area contributed by atoms with Gasteiger partial charge in [0.25, 0.3) is 0 Å². The summed E-state index contributed by atoms with van der Waals surface area (Å²) >= 11 is 0. The minimum Gasteiger partial charge on any atom is -0.355 e. The van der Waals surface area contributed by atoms with Crippen LogP contribution in [0.15, 0.2) is 23.0 Å². The van der Waals surface area contributed by atoms with Gasteiger partial charge in [0.2, 0.25) is 5.89 Å². The molecule has 0 saturated carbocycles. The van der Waals surface area contributed by atoms with E-state index in [0.29, 0.717) is 18.4 Å². The number of hydrogen-bond acceptors (Lipinski definition) is 8. The summed E-state index contributed by atoms with van der Waals surface area (Å²) in [4.78, 5) is 8.73. The van der Waals surface area contributed by atoms with E-state index in [1.54, 1.807) is 0 Å². The Balaban J connectivity index is 1.32. The minimum atomic E-state index is 0.382. The molecule has 2 saturated heterocycles. The van der Waals surface area contributed by atoms with Crippen molar-refractivity contribution in [3.63, 3.8) is 0 Å². The number of piperidine rings is 1. The van der Waals surface area contributed by atoms with Crippen LogP contribution < -0.4 is 4.90 Å². The first-order chi connectivity index (χ1) is 12.4. The fraction of sp³-hybridized carbons (Fsp3) is 0.562. The summed E-state index contributed by atoms with van der Waals surface area (Å²) in [6.07, 6.45) is 4.76. The van der Waals surface area contributed by atoms with Crippen molar-refractivity contribution in [3.8, 4) is 0 Å². The van der Waals surface area contributed by atoms with E-state index in [-0.39, 0.29) is 0 Å². The van der Waals surface area contributed by atoms with Crippen LogP contribution in [0.1, 0.15) is 36.9 Å². The lowest BCUT2D eigenvalue weighted by atomic mass is 9.96. The Morgan fingerprint density at radius 3 is 2.68 bits per heavy atom. The van der Waals surface area contributed by atoms with Gasteiger partial charge in [-0.2, -0.15) is 9.50 Å². The summed E-state index contributed by atoms with van der Waals surface area (Å²) in [6, 6.07) is 4.06. The van der Waals surface area contributed by atoms with E-state index < -0.39 is 0 Å². The normalized spacial score (nSPS) is 19.4. The molecular formula is C16H20N8O. The van der Waals surface area contributed by atoms with Gasteiger partial charge in [0.1, 0.15) is 5.82 Å². The number of anilines is 1. The van der Waals surface area contributed by atoms with E-state index in [9.17, 15) is 0 Å². The van der Waals surface area contributed by atoms with E-state index in [0.717, 1.165) is 56.3 Å². The van der Waals surface area contributed by atoms with Gasteiger partial charge in [-0.25, -0.2) is 0 Å². The molecule has 25 heavy (non-hydrogen) atoms. The van der Waals surface area contributed by atoms with Gasteiger partial charge >= 0.3 is 0 Å². The fourth-order valence-electron chi connectivity index (χ4n) is 3.57. The quantitative estimate of drug-likeness (QED) is 0.697. The number of hydrogen-bond donors (Lipinski definition) is 0. The van der Waals surface area contributed by atoms with Crippen molar-refractivity contribution >= 4 is 11.5 Å². The molecule has 0 N–H and O–H groups in total. The number of rotatable bonds is 4. The summed E-state index contributed by atoms with van der Waals surface area (Å²) in [5.41, 5.74) is 0.826. The first-order valence-electron chi connectivity index (χ1n) is 8.82. The van der Waals surface area contributed by atoms with Crippen molar-refractivity contribution in [1.82, 2.24) is 34.9 Å². The molecule has 0 bridgehead atoms. The average molecular weight is 340 g/mol. The van der Waals surface area contributed by atoms with Crippen LogP contribution in [0.5, 0.6) is 0 Å². The topological polar surface area (TPSA) is 88.5 Å². The highest BCUT2D eigenvalue weighted by Crippen LogP contribution is 2.28. The van der Waals surface area contributed by atoms with Crippen LogP contribution in [-0.2, 0) is 6.54 Å².